The van der Waals surface area contributed by atoms with E-state index in [1.54, 1.807) is 30.1 Å². The molecule has 1 N–H and O–H groups in total. The van der Waals surface area contributed by atoms with Crippen molar-refractivity contribution in [1.29, 1.82) is 0 Å². The first-order valence-electron chi connectivity index (χ1n) is 8.42. The Morgan fingerprint density at radius 3 is 2.43 bits per heavy atom. The van der Waals surface area contributed by atoms with E-state index >= 15 is 0 Å². The molecule has 0 bridgehead atoms. The molecule has 1 amide bonds. The van der Waals surface area contributed by atoms with Crippen LogP contribution in [0.5, 0.6) is 5.75 Å². The summed E-state index contributed by atoms with van der Waals surface area (Å²) in [4.78, 5) is 13.6. The summed E-state index contributed by atoms with van der Waals surface area (Å²) in [7, 11) is -1.79. The van der Waals surface area contributed by atoms with Crippen molar-refractivity contribution in [2.24, 2.45) is 0 Å². The van der Waals surface area contributed by atoms with Gasteiger partial charge in [0.15, 0.2) is 11.0 Å². The Morgan fingerprint density at radius 2 is 1.79 bits per heavy atom. The lowest BCUT2D eigenvalue weighted by molar-refractivity contribution is -0.274. The molecule has 1 aliphatic heterocycles. The van der Waals surface area contributed by atoms with Gasteiger partial charge in [-0.15, -0.1) is 13.2 Å². The first-order chi connectivity index (χ1) is 13.3. The highest BCUT2D eigenvalue weighted by Gasteiger charge is 2.31. The van der Waals surface area contributed by atoms with Crippen molar-refractivity contribution in [1.82, 2.24) is 9.03 Å². The van der Waals surface area contributed by atoms with Crippen molar-refractivity contribution in [3.05, 3.63) is 54.1 Å². The number of nitrogens with zero attached hydrogens (tertiary/aromatic N) is 1. The minimum atomic E-state index is -4.80. The first-order valence-corrected chi connectivity index (χ1v) is 10.3. The molecule has 28 heavy (non-hydrogen) atoms. The summed E-state index contributed by atoms with van der Waals surface area (Å²) in [5, 5.41) is 0. The highest BCUT2D eigenvalue weighted by atomic mass is 32.2. The van der Waals surface area contributed by atoms with Crippen LogP contribution in [-0.2, 0) is 11.0 Å². The van der Waals surface area contributed by atoms with Crippen LogP contribution in [-0.4, -0.2) is 33.9 Å². The molecule has 2 aromatic carbocycles. The number of benzene rings is 2. The fourth-order valence-corrected chi connectivity index (χ4v) is 4.56. The molecule has 5 nitrogen and oxygen atoms in total. The second kappa shape index (κ2) is 8.97. The van der Waals surface area contributed by atoms with E-state index in [9.17, 15) is 22.2 Å². The van der Waals surface area contributed by atoms with Gasteiger partial charge in [0, 0.05) is 23.5 Å². The summed E-state index contributed by atoms with van der Waals surface area (Å²) in [5.74, 6) is -1.09. The predicted octanol–water partition coefficient (Wildman–Crippen LogP) is 4.14. The smallest absolute Gasteiger partial charge is 0.406 e. The minimum Gasteiger partial charge on any atom is -0.406 e. The number of ether oxygens (including phenoxy) is 1. The van der Waals surface area contributed by atoms with Gasteiger partial charge in [-0.05, 0) is 67.3 Å². The molecule has 0 saturated carbocycles. The van der Waals surface area contributed by atoms with E-state index in [0.29, 0.717) is 4.90 Å². The average Bonchev–Trinajstić information content (AvgIpc) is 3.14. The molecule has 1 atom stereocenters. The molecule has 2 aromatic rings. The molecule has 0 radical (unpaired) electrons. The fourth-order valence-electron chi connectivity index (χ4n) is 2.58. The minimum absolute atomic E-state index is 0.0745. The van der Waals surface area contributed by atoms with E-state index in [1.807, 2.05) is 6.07 Å². The van der Waals surface area contributed by atoms with E-state index in [4.69, 9.17) is 0 Å². The van der Waals surface area contributed by atoms with Gasteiger partial charge in [-0.3, -0.25) is 9.52 Å². The third-order valence-electron chi connectivity index (χ3n) is 3.85. The SMILES string of the molecule is O=C(NS(=O)c1cccc(SN2CCCC2)c1)c1ccc(OC(F)(F)F)cc1. The number of halogens is 3. The lowest BCUT2D eigenvalue weighted by Crippen LogP contribution is -2.25. The number of alkyl halides is 3. The monoisotopic (exact) mass is 430 g/mol. The highest BCUT2D eigenvalue weighted by molar-refractivity contribution is 7.97. The number of rotatable bonds is 6. The van der Waals surface area contributed by atoms with Gasteiger partial charge in [-0.25, -0.2) is 8.51 Å². The van der Waals surface area contributed by atoms with Crippen LogP contribution in [0, 0.1) is 0 Å². The van der Waals surface area contributed by atoms with E-state index in [1.165, 1.54) is 12.1 Å². The maximum atomic E-state index is 12.5. The van der Waals surface area contributed by atoms with Crippen LogP contribution in [0.15, 0.2) is 58.3 Å². The molecule has 150 valence electrons. The van der Waals surface area contributed by atoms with Crippen LogP contribution in [0.1, 0.15) is 23.2 Å². The van der Waals surface area contributed by atoms with Gasteiger partial charge in [-0.2, -0.15) is 0 Å². The number of hydrogen-bond acceptors (Lipinski definition) is 5. The summed E-state index contributed by atoms with van der Waals surface area (Å²) in [6.07, 6.45) is -2.49. The maximum Gasteiger partial charge on any atom is 0.573 e. The Balaban J connectivity index is 1.61. The zero-order valence-electron chi connectivity index (χ0n) is 14.6. The summed E-state index contributed by atoms with van der Waals surface area (Å²) in [6, 6.07) is 11.5. The standard InChI is InChI=1S/C18H17F3N2O3S2/c19-18(20,21)26-14-8-6-13(7-9-14)17(24)22-28(25)16-5-3-4-15(12-16)27-23-10-1-2-11-23/h3-9,12H,1-2,10-11H2,(H,22,24). The van der Waals surface area contributed by atoms with Crippen LogP contribution in [0.2, 0.25) is 0 Å². The molecule has 1 aliphatic rings. The number of carbonyl (C=O) groups is 1. The lowest BCUT2D eigenvalue weighted by Gasteiger charge is -2.13. The molecule has 0 aliphatic carbocycles. The Morgan fingerprint density at radius 1 is 1.11 bits per heavy atom. The average molecular weight is 430 g/mol. The first kappa shape index (κ1) is 20.7. The number of carbonyl (C=O) groups excluding carboxylic acids is 1. The van der Waals surface area contributed by atoms with E-state index in [0.717, 1.165) is 43.0 Å². The van der Waals surface area contributed by atoms with Crippen molar-refractivity contribution >= 4 is 28.8 Å². The van der Waals surface area contributed by atoms with Gasteiger partial charge in [-0.1, -0.05) is 6.07 Å². The van der Waals surface area contributed by atoms with Crippen LogP contribution in [0.3, 0.4) is 0 Å². The van der Waals surface area contributed by atoms with Crippen LogP contribution in [0.4, 0.5) is 13.2 Å². The number of amides is 1. The highest BCUT2D eigenvalue weighted by Crippen LogP contribution is 2.28. The lowest BCUT2D eigenvalue weighted by atomic mass is 10.2. The molecular formula is C18H17F3N2O3S2. The largest absolute Gasteiger partial charge is 0.573 e. The molecule has 1 saturated heterocycles. The van der Waals surface area contributed by atoms with E-state index < -0.39 is 29.0 Å². The molecule has 0 aromatic heterocycles. The summed E-state index contributed by atoms with van der Waals surface area (Å²) >= 11 is 1.58. The maximum absolute atomic E-state index is 12.5. The quantitative estimate of drug-likeness (QED) is 0.698. The summed E-state index contributed by atoms with van der Waals surface area (Å²) in [6.45, 7) is 2.01. The Hall–Kier alpha value is -2.04. The Kier molecular flexibility index (Phi) is 6.63. The zero-order valence-corrected chi connectivity index (χ0v) is 16.2. The van der Waals surface area contributed by atoms with Crippen LogP contribution in [0.25, 0.3) is 0 Å². The molecule has 1 fully saturated rings. The topological polar surface area (TPSA) is 58.6 Å². The van der Waals surface area contributed by atoms with Crippen molar-refractivity contribution in [2.45, 2.75) is 29.0 Å². The van der Waals surface area contributed by atoms with Gasteiger partial charge in [0.25, 0.3) is 5.91 Å². The third-order valence-corrected chi connectivity index (χ3v) is 6.00. The van der Waals surface area contributed by atoms with Gasteiger partial charge in [0.05, 0.1) is 4.90 Å². The molecule has 10 heteroatoms. The van der Waals surface area contributed by atoms with Crippen molar-refractivity contribution in [2.75, 3.05) is 13.1 Å². The van der Waals surface area contributed by atoms with Gasteiger partial charge in [0.1, 0.15) is 5.75 Å². The Labute approximate surface area is 167 Å². The normalized spacial score (nSPS) is 16.0. The molecular weight excluding hydrogens is 413 g/mol. The molecule has 1 heterocycles. The summed E-state index contributed by atoms with van der Waals surface area (Å²) in [5.41, 5.74) is 0.0745. The second-order valence-corrected chi connectivity index (χ2v) is 8.36. The second-order valence-electron chi connectivity index (χ2n) is 5.97. The van der Waals surface area contributed by atoms with Gasteiger partial charge >= 0.3 is 6.36 Å². The zero-order chi connectivity index (χ0) is 20.1. The molecule has 0 spiro atoms. The Bertz CT molecular complexity index is 854. The van der Waals surface area contributed by atoms with Crippen molar-refractivity contribution in [3.8, 4) is 5.75 Å². The fraction of sp³-hybridized carbons (Fsp3) is 0.278. The number of nitrogens with one attached hydrogen (secondary N) is 1. The predicted molar refractivity (Wildman–Crippen MR) is 100 cm³/mol. The van der Waals surface area contributed by atoms with Gasteiger partial charge < -0.3 is 4.74 Å². The molecule has 3 rings (SSSR count). The van der Waals surface area contributed by atoms with Crippen molar-refractivity contribution < 1.29 is 26.9 Å². The summed E-state index contributed by atoms with van der Waals surface area (Å²) < 4.78 is 57.3. The third kappa shape index (κ3) is 5.98. The van der Waals surface area contributed by atoms with E-state index in [-0.39, 0.29) is 5.56 Å². The van der Waals surface area contributed by atoms with Gasteiger partial charge in [0.2, 0.25) is 0 Å². The van der Waals surface area contributed by atoms with Crippen LogP contribution < -0.4 is 9.46 Å². The number of hydrogen-bond donors (Lipinski definition) is 1. The molecule has 1 unspecified atom stereocenters. The van der Waals surface area contributed by atoms with E-state index in [2.05, 4.69) is 13.8 Å². The van der Waals surface area contributed by atoms with Crippen LogP contribution >= 0.6 is 11.9 Å². The van der Waals surface area contributed by atoms with Crippen molar-refractivity contribution in [3.63, 3.8) is 0 Å².